The minimum atomic E-state index is 0.778. The molecular weight excluding hydrogens is 412 g/mol. The molecule has 0 saturated carbocycles. The van der Waals surface area contributed by atoms with Crippen LogP contribution in [0.2, 0.25) is 0 Å². The zero-order valence-electron chi connectivity index (χ0n) is 18.2. The lowest BCUT2D eigenvalue weighted by Gasteiger charge is -2.32. The Kier molecular flexibility index (Phi) is 5.82. The lowest BCUT2D eigenvalue weighted by Crippen LogP contribution is -2.40. The van der Waals surface area contributed by atoms with Gasteiger partial charge in [-0.15, -0.1) is 0 Å². The highest BCUT2D eigenvalue weighted by Gasteiger charge is 2.18. The Morgan fingerprint density at radius 3 is 1.97 bits per heavy atom. The average molecular weight is 439 g/mol. The van der Waals surface area contributed by atoms with Crippen LogP contribution in [-0.4, -0.2) is 33.1 Å². The van der Waals surface area contributed by atoms with Gasteiger partial charge in [-0.05, 0) is 49.2 Å². The van der Waals surface area contributed by atoms with Crippen molar-refractivity contribution < 1.29 is 0 Å². The summed E-state index contributed by atoms with van der Waals surface area (Å²) in [6, 6.07) is 26.6. The Morgan fingerprint density at radius 1 is 0.812 bits per heavy atom. The van der Waals surface area contributed by atoms with Gasteiger partial charge in [-0.1, -0.05) is 67.6 Å². The van der Waals surface area contributed by atoms with Crippen LogP contribution in [0.25, 0.3) is 33.5 Å². The molecule has 0 unspecified atom stereocenters. The number of rotatable bonds is 3. The summed E-state index contributed by atoms with van der Waals surface area (Å²) in [6.45, 7) is 4.34. The molecule has 0 spiro atoms. The number of hydrogen-bond acceptors (Lipinski definition) is 3. The third kappa shape index (κ3) is 4.34. The fourth-order valence-electron chi connectivity index (χ4n) is 4.14. The summed E-state index contributed by atoms with van der Waals surface area (Å²) in [5.74, 6) is 0.778. The maximum atomic E-state index is 5.68. The van der Waals surface area contributed by atoms with Crippen LogP contribution < -0.4 is 5.32 Å². The first kappa shape index (κ1) is 20.6. The van der Waals surface area contributed by atoms with Crippen LogP contribution in [0.15, 0.2) is 78.9 Å². The molecule has 0 radical (unpaired) electrons. The Bertz CT molecular complexity index is 1230. The van der Waals surface area contributed by atoms with Crippen LogP contribution in [0, 0.1) is 5.92 Å². The molecule has 4 nitrogen and oxygen atoms in total. The molecular formula is C27H26N4S. The standard InChI is InChI=1S/C27H26N4S/c1-19-14-16-31(17-15-19)27(32)28-22-12-13-23-24(18-22)30-26(21-10-6-3-7-11-21)25(29-23)20-8-4-2-5-9-20/h2-13,18-19H,14-17H2,1H3,(H,28,32). The number of nitrogens with one attached hydrogen (secondary N) is 1. The molecule has 1 aliphatic heterocycles. The first-order valence-corrected chi connectivity index (χ1v) is 11.6. The average Bonchev–Trinajstić information content (AvgIpc) is 2.84. The molecule has 4 aromatic rings. The van der Waals surface area contributed by atoms with Crippen LogP contribution in [0.4, 0.5) is 5.69 Å². The number of fused-ring (bicyclic) bond motifs is 1. The summed E-state index contributed by atoms with van der Waals surface area (Å²) < 4.78 is 0. The first-order valence-electron chi connectivity index (χ1n) is 11.2. The van der Waals surface area contributed by atoms with Gasteiger partial charge in [0.1, 0.15) is 0 Å². The van der Waals surface area contributed by atoms with Gasteiger partial charge in [-0.3, -0.25) is 0 Å². The molecule has 0 bridgehead atoms. The zero-order valence-corrected chi connectivity index (χ0v) is 19.0. The molecule has 2 heterocycles. The van der Waals surface area contributed by atoms with Crippen LogP contribution >= 0.6 is 12.2 Å². The van der Waals surface area contributed by atoms with Gasteiger partial charge in [0.25, 0.3) is 0 Å². The third-order valence-electron chi connectivity index (χ3n) is 6.08. The van der Waals surface area contributed by atoms with Gasteiger partial charge in [0.15, 0.2) is 5.11 Å². The van der Waals surface area contributed by atoms with Crippen LogP contribution in [0.1, 0.15) is 19.8 Å². The lowest BCUT2D eigenvalue weighted by molar-refractivity contribution is 0.283. The second-order valence-corrected chi connectivity index (χ2v) is 8.84. The summed E-state index contributed by atoms with van der Waals surface area (Å²) in [7, 11) is 0. The number of piperidine rings is 1. The highest BCUT2D eigenvalue weighted by Crippen LogP contribution is 2.31. The predicted octanol–water partition coefficient (Wildman–Crippen LogP) is 6.39. The van der Waals surface area contributed by atoms with E-state index in [2.05, 4.69) is 41.4 Å². The molecule has 1 aliphatic rings. The number of anilines is 1. The molecule has 160 valence electrons. The quantitative estimate of drug-likeness (QED) is 0.375. The van der Waals surface area contributed by atoms with Crippen molar-refractivity contribution in [3.05, 3.63) is 78.9 Å². The van der Waals surface area contributed by atoms with Gasteiger partial charge in [0, 0.05) is 29.9 Å². The molecule has 1 aromatic heterocycles. The van der Waals surface area contributed by atoms with Crippen molar-refractivity contribution in [2.75, 3.05) is 18.4 Å². The van der Waals surface area contributed by atoms with E-state index in [1.54, 1.807) is 0 Å². The fraction of sp³-hybridized carbons (Fsp3) is 0.222. The van der Waals surface area contributed by atoms with Crippen molar-refractivity contribution in [3.63, 3.8) is 0 Å². The van der Waals surface area contributed by atoms with E-state index in [-0.39, 0.29) is 0 Å². The summed E-state index contributed by atoms with van der Waals surface area (Å²) in [5.41, 5.74) is 6.55. The number of nitrogens with zero attached hydrogens (tertiary/aromatic N) is 3. The lowest BCUT2D eigenvalue weighted by atomic mass is 10.00. The number of aromatic nitrogens is 2. The van der Waals surface area contributed by atoms with E-state index in [1.807, 2.05) is 54.6 Å². The largest absolute Gasteiger partial charge is 0.349 e. The summed E-state index contributed by atoms with van der Waals surface area (Å²) >= 11 is 5.68. The Labute approximate surface area is 194 Å². The molecule has 1 saturated heterocycles. The van der Waals surface area contributed by atoms with E-state index in [0.717, 1.165) is 63.4 Å². The van der Waals surface area contributed by atoms with E-state index >= 15 is 0 Å². The Morgan fingerprint density at radius 2 is 1.38 bits per heavy atom. The number of thiocarbonyl (C=S) groups is 1. The molecule has 0 atom stereocenters. The normalized spacial score (nSPS) is 14.5. The van der Waals surface area contributed by atoms with E-state index in [4.69, 9.17) is 22.2 Å². The number of likely N-dealkylation sites (tertiary alicyclic amines) is 1. The van der Waals surface area contributed by atoms with Gasteiger partial charge >= 0.3 is 0 Å². The summed E-state index contributed by atoms with van der Waals surface area (Å²) in [4.78, 5) is 12.3. The van der Waals surface area contributed by atoms with Crippen LogP contribution in [0.3, 0.4) is 0 Å². The second-order valence-electron chi connectivity index (χ2n) is 8.46. The van der Waals surface area contributed by atoms with Gasteiger partial charge in [-0.2, -0.15) is 0 Å². The monoisotopic (exact) mass is 438 g/mol. The highest BCUT2D eigenvalue weighted by molar-refractivity contribution is 7.80. The van der Waals surface area contributed by atoms with Crippen molar-refractivity contribution >= 4 is 34.1 Å². The molecule has 5 heteroatoms. The van der Waals surface area contributed by atoms with Crippen LogP contribution in [-0.2, 0) is 0 Å². The smallest absolute Gasteiger partial charge is 0.173 e. The minimum absolute atomic E-state index is 0.778. The first-order chi connectivity index (χ1) is 15.7. The van der Waals surface area contributed by atoms with Gasteiger partial charge in [0.2, 0.25) is 0 Å². The van der Waals surface area contributed by atoms with Crippen molar-refractivity contribution in [1.29, 1.82) is 0 Å². The summed E-state index contributed by atoms with van der Waals surface area (Å²) in [5, 5.41) is 4.20. The number of benzene rings is 3. The Hall–Kier alpha value is -3.31. The van der Waals surface area contributed by atoms with Crippen LogP contribution in [0.5, 0.6) is 0 Å². The molecule has 0 aliphatic carbocycles. The maximum absolute atomic E-state index is 5.68. The molecule has 0 amide bonds. The molecule has 1 fully saturated rings. The SMILES string of the molecule is CC1CCN(C(=S)Nc2ccc3nc(-c4ccccc4)c(-c4ccccc4)nc3c2)CC1. The fourth-order valence-corrected chi connectivity index (χ4v) is 4.44. The van der Waals surface area contributed by atoms with Crippen molar-refractivity contribution in [2.45, 2.75) is 19.8 Å². The predicted molar refractivity (Wildman–Crippen MR) is 137 cm³/mol. The topological polar surface area (TPSA) is 41.0 Å². The number of hydrogen-bond donors (Lipinski definition) is 1. The molecule has 5 rings (SSSR count). The highest BCUT2D eigenvalue weighted by atomic mass is 32.1. The van der Waals surface area contributed by atoms with Crippen molar-refractivity contribution in [2.24, 2.45) is 5.92 Å². The second kappa shape index (κ2) is 9.05. The summed E-state index contributed by atoms with van der Waals surface area (Å²) in [6.07, 6.45) is 2.38. The van der Waals surface area contributed by atoms with Crippen molar-refractivity contribution in [1.82, 2.24) is 14.9 Å². The minimum Gasteiger partial charge on any atom is -0.349 e. The van der Waals surface area contributed by atoms with E-state index in [9.17, 15) is 0 Å². The zero-order chi connectivity index (χ0) is 21.9. The van der Waals surface area contributed by atoms with E-state index in [0.29, 0.717) is 0 Å². The molecule has 1 N–H and O–H groups in total. The third-order valence-corrected chi connectivity index (χ3v) is 6.44. The van der Waals surface area contributed by atoms with Gasteiger partial charge in [0.05, 0.1) is 22.4 Å². The van der Waals surface area contributed by atoms with E-state index < -0.39 is 0 Å². The maximum Gasteiger partial charge on any atom is 0.173 e. The molecule has 3 aromatic carbocycles. The Balaban J connectivity index is 1.51. The van der Waals surface area contributed by atoms with Gasteiger partial charge in [-0.25, -0.2) is 9.97 Å². The molecule has 32 heavy (non-hydrogen) atoms. The van der Waals surface area contributed by atoms with Crippen molar-refractivity contribution in [3.8, 4) is 22.5 Å². The van der Waals surface area contributed by atoms with Gasteiger partial charge < -0.3 is 10.2 Å². The van der Waals surface area contributed by atoms with E-state index in [1.165, 1.54) is 12.8 Å².